The third-order valence-electron chi connectivity index (χ3n) is 11.0. The van der Waals surface area contributed by atoms with E-state index in [1.54, 1.807) is 0 Å². The first-order valence-corrected chi connectivity index (χ1v) is 26.2. The van der Waals surface area contributed by atoms with Crippen molar-refractivity contribution in [2.75, 3.05) is 19.8 Å². The van der Waals surface area contributed by atoms with Gasteiger partial charge in [-0.15, -0.1) is 0 Å². The molecule has 3 atom stereocenters. The molecule has 0 aromatic carbocycles. The fourth-order valence-corrected chi connectivity index (χ4v) is 7.90. The molecule has 0 fully saturated rings. The Hall–Kier alpha value is -1.78. The summed E-state index contributed by atoms with van der Waals surface area (Å²) in [5.41, 5.74) is 5.34. The lowest BCUT2D eigenvalue weighted by atomic mass is 10.0. The third-order valence-corrected chi connectivity index (χ3v) is 12.0. The van der Waals surface area contributed by atoms with Gasteiger partial charge < -0.3 is 25.2 Å². The van der Waals surface area contributed by atoms with Crippen LogP contribution in [0.2, 0.25) is 0 Å². The number of aliphatic carboxylic acids is 1. The standard InChI is InChI=1S/C48H92NO10P/c1-3-5-7-9-11-13-15-17-19-20-21-22-23-24-26-27-29-31-33-35-37-39-46(50)56-41-44(42-57-60(54,55)58-43-45(49)48(52)53)59-47(51)40-38-36-34-32-30-28-25-18-16-14-12-10-8-6-4-2/h30,32,44-45H,3-29,31,33-43,49H2,1-2H3,(H,52,53)(H,54,55)/b32-30+/t44-,45-/m0/s1. The van der Waals surface area contributed by atoms with Gasteiger partial charge >= 0.3 is 25.7 Å². The molecule has 1 unspecified atom stereocenters. The van der Waals surface area contributed by atoms with Gasteiger partial charge in [0.25, 0.3) is 0 Å². The SMILES string of the molecule is CCCCCCCCCCC/C=C/CCCCC(=O)O[C@@H](COC(=O)CCCCCCCCCCCCCCCCCCCCCCC)COP(=O)(O)OC[C@H](N)C(=O)O. The molecule has 354 valence electrons. The van der Waals surface area contributed by atoms with Crippen LogP contribution in [0.25, 0.3) is 0 Å². The molecule has 0 saturated carbocycles. The molecule has 0 bridgehead atoms. The largest absolute Gasteiger partial charge is 0.480 e. The predicted molar refractivity (Wildman–Crippen MR) is 245 cm³/mol. The Morgan fingerprint density at radius 3 is 1.25 bits per heavy atom. The highest BCUT2D eigenvalue weighted by Gasteiger charge is 2.28. The number of carboxylic acids is 1. The average molecular weight is 874 g/mol. The Morgan fingerprint density at radius 1 is 0.500 bits per heavy atom. The van der Waals surface area contributed by atoms with Gasteiger partial charge in [-0.05, 0) is 38.5 Å². The maximum atomic E-state index is 12.6. The summed E-state index contributed by atoms with van der Waals surface area (Å²) in [6, 6.07) is -1.52. The number of ether oxygens (including phenoxy) is 2. The number of rotatable bonds is 47. The van der Waals surface area contributed by atoms with E-state index in [-0.39, 0.29) is 19.4 Å². The number of hydrogen-bond donors (Lipinski definition) is 3. The van der Waals surface area contributed by atoms with Gasteiger partial charge in [0.15, 0.2) is 6.10 Å². The van der Waals surface area contributed by atoms with E-state index in [1.807, 2.05) is 0 Å². The smallest absolute Gasteiger partial charge is 0.472 e. The van der Waals surface area contributed by atoms with Crippen LogP contribution in [0, 0.1) is 0 Å². The van der Waals surface area contributed by atoms with Gasteiger partial charge in [-0.1, -0.05) is 206 Å². The molecule has 0 aromatic heterocycles. The van der Waals surface area contributed by atoms with E-state index in [2.05, 4.69) is 30.5 Å². The van der Waals surface area contributed by atoms with Crippen molar-refractivity contribution in [3.8, 4) is 0 Å². The fraction of sp³-hybridized carbons (Fsp3) is 0.896. The summed E-state index contributed by atoms with van der Waals surface area (Å²) in [6.07, 6.45) is 45.7. The molecule has 0 aliphatic carbocycles. The van der Waals surface area contributed by atoms with E-state index in [1.165, 1.54) is 167 Å². The van der Waals surface area contributed by atoms with Crippen LogP contribution in [0.15, 0.2) is 12.2 Å². The van der Waals surface area contributed by atoms with Crippen molar-refractivity contribution in [2.24, 2.45) is 5.73 Å². The summed E-state index contributed by atoms with van der Waals surface area (Å²) >= 11 is 0. The lowest BCUT2D eigenvalue weighted by Crippen LogP contribution is -2.34. The molecular formula is C48H92NO10P. The fourth-order valence-electron chi connectivity index (χ4n) is 7.12. The lowest BCUT2D eigenvalue weighted by molar-refractivity contribution is -0.161. The summed E-state index contributed by atoms with van der Waals surface area (Å²) in [6.45, 7) is 2.83. The predicted octanol–water partition coefficient (Wildman–Crippen LogP) is 13.6. The number of nitrogens with two attached hydrogens (primary N) is 1. The molecule has 0 heterocycles. The summed E-state index contributed by atoms with van der Waals surface area (Å²) in [5.74, 6) is -2.39. The van der Waals surface area contributed by atoms with E-state index in [0.29, 0.717) is 12.8 Å². The van der Waals surface area contributed by atoms with Crippen molar-refractivity contribution < 1.29 is 47.5 Å². The topological polar surface area (TPSA) is 172 Å². The minimum Gasteiger partial charge on any atom is -0.480 e. The van der Waals surface area contributed by atoms with Gasteiger partial charge in [0.05, 0.1) is 13.2 Å². The molecule has 11 nitrogen and oxygen atoms in total. The number of carbonyl (C=O) groups excluding carboxylic acids is 2. The van der Waals surface area contributed by atoms with Crippen LogP contribution in [0.4, 0.5) is 0 Å². The monoisotopic (exact) mass is 874 g/mol. The van der Waals surface area contributed by atoms with E-state index < -0.39 is 51.1 Å². The molecule has 60 heavy (non-hydrogen) atoms. The van der Waals surface area contributed by atoms with Crippen LogP contribution in [-0.4, -0.2) is 59.9 Å². The molecule has 0 aromatic rings. The molecule has 4 N–H and O–H groups in total. The Kier molecular flexibility index (Phi) is 42.6. The van der Waals surface area contributed by atoms with Gasteiger partial charge in [0.1, 0.15) is 12.6 Å². The Bertz CT molecular complexity index is 1070. The number of esters is 2. The summed E-state index contributed by atoms with van der Waals surface area (Å²) in [4.78, 5) is 46.1. The Labute approximate surface area is 367 Å². The van der Waals surface area contributed by atoms with Crippen molar-refractivity contribution in [3.05, 3.63) is 12.2 Å². The zero-order chi connectivity index (χ0) is 44.2. The Morgan fingerprint density at radius 2 is 0.833 bits per heavy atom. The van der Waals surface area contributed by atoms with Crippen molar-refractivity contribution in [2.45, 2.75) is 257 Å². The van der Waals surface area contributed by atoms with E-state index in [4.69, 9.17) is 24.8 Å². The average Bonchev–Trinajstić information content (AvgIpc) is 3.22. The van der Waals surface area contributed by atoms with Crippen molar-refractivity contribution >= 4 is 25.7 Å². The highest BCUT2D eigenvalue weighted by atomic mass is 31.2. The minimum atomic E-state index is -4.72. The molecule has 0 aliphatic rings. The first kappa shape index (κ1) is 58.2. The highest BCUT2D eigenvalue weighted by Crippen LogP contribution is 2.43. The highest BCUT2D eigenvalue weighted by molar-refractivity contribution is 7.47. The molecule has 0 spiro atoms. The van der Waals surface area contributed by atoms with Gasteiger partial charge in [-0.25, -0.2) is 4.57 Å². The molecule has 0 saturated heterocycles. The van der Waals surface area contributed by atoms with Crippen LogP contribution < -0.4 is 5.73 Å². The molecular weight excluding hydrogens is 781 g/mol. The van der Waals surface area contributed by atoms with Crippen molar-refractivity contribution in [3.63, 3.8) is 0 Å². The molecule has 12 heteroatoms. The van der Waals surface area contributed by atoms with Gasteiger partial charge in [0, 0.05) is 12.8 Å². The van der Waals surface area contributed by atoms with Gasteiger partial charge in [0.2, 0.25) is 0 Å². The van der Waals surface area contributed by atoms with E-state index in [0.717, 1.165) is 38.5 Å². The second kappa shape index (κ2) is 43.9. The number of unbranched alkanes of at least 4 members (excludes halogenated alkanes) is 31. The summed E-state index contributed by atoms with van der Waals surface area (Å²) < 4.78 is 32.8. The van der Waals surface area contributed by atoms with Crippen LogP contribution in [0.5, 0.6) is 0 Å². The van der Waals surface area contributed by atoms with Crippen molar-refractivity contribution in [1.82, 2.24) is 0 Å². The maximum Gasteiger partial charge on any atom is 0.472 e. The Balaban J connectivity index is 4.22. The minimum absolute atomic E-state index is 0.136. The quantitative estimate of drug-likeness (QED) is 0.0230. The van der Waals surface area contributed by atoms with Crippen LogP contribution in [0.3, 0.4) is 0 Å². The number of carbonyl (C=O) groups is 3. The molecule has 0 rings (SSSR count). The zero-order valence-electron chi connectivity index (χ0n) is 38.6. The molecule has 0 radical (unpaired) electrons. The second-order valence-corrected chi connectivity index (χ2v) is 18.4. The summed E-state index contributed by atoms with van der Waals surface area (Å²) in [7, 11) is -4.72. The van der Waals surface area contributed by atoms with Crippen molar-refractivity contribution in [1.29, 1.82) is 0 Å². The number of phosphoric ester groups is 1. The number of carboxylic acid groups (broad SMARTS) is 1. The van der Waals surface area contributed by atoms with Gasteiger partial charge in [-0.3, -0.25) is 23.4 Å². The van der Waals surface area contributed by atoms with E-state index >= 15 is 0 Å². The van der Waals surface area contributed by atoms with E-state index in [9.17, 15) is 23.8 Å². The van der Waals surface area contributed by atoms with Gasteiger partial charge in [-0.2, -0.15) is 0 Å². The lowest BCUT2D eigenvalue weighted by Gasteiger charge is -2.20. The maximum absolute atomic E-state index is 12.6. The number of hydrogen-bond acceptors (Lipinski definition) is 9. The number of allylic oxidation sites excluding steroid dienone is 2. The molecule has 0 aliphatic heterocycles. The number of phosphoric acid groups is 1. The van der Waals surface area contributed by atoms with Crippen LogP contribution >= 0.6 is 7.82 Å². The molecule has 0 amide bonds. The van der Waals surface area contributed by atoms with Crippen LogP contribution in [-0.2, 0) is 37.5 Å². The first-order valence-electron chi connectivity index (χ1n) is 24.7. The summed E-state index contributed by atoms with van der Waals surface area (Å²) in [5, 5.41) is 8.91. The third kappa shape index (κ3) is 42.9. The first-order chi connectivity index (χ1) is 29.1. The second-order valence-electron chi connectivity index (χ2n) is 17.0. The normalized spacial score (nSPS) is 13.7. The zero-order valence-corrected chi connectivity index (χ0v) is 39.5. The van der Waals surface area contributed by atoms with Crippen LogP contribution in [0.1, 0.15) is 245 Å².